The summed E-state index contributed by atoms with van der Waals surface area (Å²) in [5, 5.41) is 10.2. The number of piperidine rings is 1. The predicted octanol–water partition coefficient (Wildman–Crippen LogP) is 4.96. The van der Waals surface area contributed by atoms with Crippen LogP contribution in [0.15, 0.2) is 46.5 Å². The summed E-state index contributed by atoms with van der Waals surface area (Å²) < 4.78 is 0. The van der Waals surface area contributed by atoms with E-state index in [0.717, 1.165) is 35.3 Å². The normalized spacial score (nSPS) is 17.3. The van der Waals surface area contributed by atoms with Gasteiger partial charge in [-0.1, -0.05) is 31.2 Å². The summed E-state index contributed by atoms with van der Waals surface area (Å²) in [7, 11) is 0. The Kier molecular flexibility index (Phi) is 6.74. The van der Waals surface area contributed by atoms with Crippen molar-refractivity contribution >= 4 is 28.6 Å². The Hall–Kier alpha value is -2.02. The van der Waals surface area contributed by atoms with E-state index >= 15 is 0 Å². The second-order valence-electron chi connectivity index (χ2n) is 7.86. The van der Waals surface area contributed by atoms with Crippen LogP contribution in [0.3, 0.4) is 0 Å². The van der Waals surface area contributed by atoms with E-state index in [2.05, 4.69) is 57.8 Å². The summed E-state index contributed by atoms with van der Waals surface area (Å²) in [5.74, 6) is 0.793. The van der Waals surface area contributed by atoms with Crippen LogP contribution in [0.4, 0.5) is 0 Å². The zero-order valence-electron chi connectivity index (χ0n) is 16.8. The maximum Gasteiger partial charge on any atom is 0.226 e. The van der Waals surface area contributed by atoms with Gasteiger partial charge in [0.2, 0.25) is 5.91 Å². The number of thiophene rings is 1. The molecule has 1 unspecified atom stereocenters. The fourth-order valence-corrected chi connectivity index (χ4v) is 5.42. The number of amides is 1. The number of hydrogen-bond acceptors (Lipinski definition) is 5. The van der Waals surface area contributed by atoms with Crippen molar-refractivity contribution in [1.82, 2.24) is 15.2 Å². The standard InChI is InChI=1S/C23H27N3OS2/c1-17-5-4-9-26(13-17)14-19-7-3-2-6-18(19)12-24-22(27)11-21-16-29-23(25-21)20-8-10-28-15-20/h2-3,6-8,10,15-17H,4-5,9,11-14H2,1H3,(H,24,27). The van der Waals surface area contributed by atoms with Crippen LogP contribution in [-0.4, -0.2) is 28.9 Å². The molecule has 1 saturated heterocycles. The van der Waals surface area contributed by atoms with Gasteiger partial charge < -0.3 is 5.32 Å². The number of benzene rings is 1. The summed E-state index contributed by atoms with van der Waals surface area (Å²) in [5.41, 5.74) is 4.49. The molecule has 152 valence electrons. The van der Waals surface area contributed by atoms with Crippen LogP contribution in [0, 0.1) is 5.92 Å². The van der Waals surface area contributed by atoms with Crippen molar-refractivity contribution in [3.63, 3.8) is 0 Å². The molecule has 0 spiro atoms. The molecule has 3 heterocycles. The Balaban J connectivity index is 1.32. The molecule has 3 aromatic rings. The first kappa shape index (κ1) is 20.3. The van der Waals surface area contributed by atoms with Gasteiger partial charge in [-0.05, 0) is 47.9 Å². The molecule has 0 bridgehead atoms. The third-order valence-corrected chi connectivity index (χ3v) is 7.01. The lowest BCUT2D eigenvalue weighted by atomic mass is 9.99. The first-order valence-electron chi connectivity index (χ1n) is 10.2. The van der Waals surface area contributed by atoms with Gasteiger partial charge in [0.1, 0.15) is 5.01 Å². The first-order valence-corrected chi connectivity index (χ1v) is 12.0. The second kappa shape index (κ2) is 9.65. The molecule has 1 atom stereocenters. The van der Waals surface area contributed by atoms with Gasteiger partial charge in [-0.2, -0.15) is 11.3 Å². The molecular weight excluding hydrogens is 398 g/mol. The topological polar surface area (TPSA) is 45.2 Å². The van der Waals surface area contributed by atoms with E-state index in [0.29, 0.717) is 13.0 Å². The van der Waals surface area contributed by atoms with E-state index in [1.165, 1.54) is 30.5 Å². The van der Waals surface area contributed by atoms with Crippen molar-refractivity contribution in [2.75, 3.05) is 13.1 Å². The molecule has 0 saturated carbocycles. The van der Waals surface area contributed by atoms with Gasteiger partial charge in [-0.25, -0.2) is 4.98 Å². The zero-order chi connectivity index (χ0) is 20.1. The van der Waals surface area contributed by atoms with E-state index in [1.807, 2.05) is 10.8 Å². The SMILES string of the molecule is CC1CCCN(Cc2ccccc2CNC(=O)Cc2csc(-c3ccsc3)n2)C1. The molecule has 1 aliphatic rings. The third kappa shape index (κ3) is 5.53. The number of hydrogen-bond donors (Lipinski definition) is 1. The average molecular weight is 426 g/mol. The van der Waals surface area contributed by atoms with E-state index in [9.17, 15) is 4.79 Å². The van der Waals surface area contributed by atoms with Gasteiger partial charge in [-0.3, -0.25) is 9.69 Å². The molecule has 2 aromatic heterocycles. The monoisotopic (exact) mass is 425 g/mol. The molecule has 6 heteroatoms. The molecule has 4 nitrogen and oxygen atoms in total. The van der Waals surface area contributed by atoms with Gasteiger partial charge in [0.05, 0.1) is 12.1 Å². The fourth-order valence-electron chi connectivity index (χ4n) is 3.88. The number of thiazole rings is 1. The smallest absolute Gasteiger partial charge is 0.226 e. The average Bonchev–Trinajstić information content (AvgIpc) is 3.39. The molecule has 1 aliphatic heterocycles. The predicted molar refractivity (Wildman–Crippen MR) is 121 cm³/mol. The lowest BCUT2D eigenvalue weighted by molar-refractivity contribution is -0.120. The highest BCUT2D eigenvalue weighted by Gasteiger charge is 2.17. The summed E-state index contributed by atoms with van der Waals surface area (Å²) >= 11 is 3.26. The number of nitrogens with zero attached hydrogens (tertiary/aromatic N) is 2. The van der Waals surface area contributed by atoms with Gasteiger partial charge >= 0.3 is 0 Å². The van der Waals surface area contributed by atoms with Gasteiger partial charge in [0.15, 0.2) is 0 Å². The van der Waals surface area contributed by atoms with Crippen LogP contribution < -0.4 is 5.32 Å². The largest absolute Gasteiger partial charge is 0.352 e. The molecule has 1 amide bonds. The first-order chi connectivity index (χ1) is 14.2. The molecule has 1 fully saturated rings. The van der Waals surface area contributed by atoms with E-state index in [1.54, 1.807) is 22.7 Å². The maximum atomic E-state index is 12.5. The van der Waals surface area contributed by atoms with Crippen LogP contribution in [0.5, 0.6) is 0 Å². The quantitative estimate of drug-likeness (QED) is 0.582. The molecular formula is C23H27N3OS2. The zero-order valence-corrected chi connectivity index (χ0v) is 18.4. The second-order valence-corrected chi connectivity index (χ2v) is 9.50. The van der Waals surface area contributed by atoms with Gasteiger partial charge in [0, 0.05) is 36.0 Å². The maximum absolute atomic E-state index is 12.5. The number of nitrogens with one attached hydrogen (secondary N) is 1. The third-order valence-electron chi connectivity index (χ3n) is 5.39. The fraction of sp³-hybridized carbons (Fsp3) is 0.391. The van der Waals surface area contributed by atoms with Crippen molar-refractivity contribution in [1.29, 1.82) is 0 Å². The van der Waals surface area contributed by atoms with Crippen molar-refractivity contribution in [2.24, 2.45) is 5.92 Å². The van der Waals surface area contributed by atoms with Crippen LogP contribution in [0.2, 0.25) is 0 Å². The van der Waals surface area contributed by atoms with Crippen molar-refractivity contribution in [3.8, 4) is 10.6 Å². The minimum Gasteiger partial charge on any atom is -0.352 e. The highest BCUT2D eigenvalue weighted by atomic mass is 32.1. The minimum absolute atomic E-state index is 0.0218. The van der Waals surface area contributed by atoms with E-state index < -0.39 is 0 Å². The van der Waals surface area contributed by atoms with E-state index in [-0.39, 0.29) is 5.91 Å². The molecule has 1 aromatic carbocycles. The van der Waals surface area contributed by atoms with Crippen LogP contribution in [0.25, 0.3) is 10.6 Å². The van der Waals surface area contributed by atoms with Crippen molar-refractivity contribution in [2.45, 2.75) is 39.3 Å². The molecule has 1 N–H and O–H groups in total. The Morgan fingerprint density at radius 3 is 2.90 bits per heavy atom. The highest BCUT2D eigenvalue weighted by molar-refractivity contribution is 7.14. The Morgan fingerprint density at radius 1 is 1.24 bits per heavy atom. The number of rotatable bonds is 7. The molecule has 0 aliphatic carbocycles. The Bertz CT molecular complexity index is 935. The summed E-state index contributed by atoms with van der Waals surface area (Å²) in [6.07, 6.45) is 2.94. The minimum atomic E-state index is 0.0218. The van der Waals surface area contributed by atoms with Crippen LogP contribution >= 0.6 is 22.7 Å². The number of likely N-dealkylation sites (tertiary alicyclic amines) is 1. The van der Waals surface area contributed by atoms with Crippen molar-refractivity contribution < 1.29 is 4.79 Å². The Morgan fingerprint density at radius 2 is 2.10 bits per heavy atom. The summed E-state index contributed by atoms with van der Waals surface area (Å²) in [4.78, 5) is 19.6. The van der Waals surface area contributed by atoms with E-state index in [4.69, 9.17) is 0 Å². The Labute approximate surface area is 180 Å². The van der Waals surface area contributed by atoms with Gasteiger partial charge in [-0.15, -0.1) is 11.3 Å². The highest BCUT2D eigenvalue weighted by Crippen LogP contribution is 2.26. The molecule has 0 radical (unpaired) electrons. The lowest BCUT2D eigenvalue weighted by Crippen LogP contribution is -2.34. The van der Waals surface area contributed by atoms with Gasteiger partial charge in [0.25, 0.3) is 0 Å². The number of aromatic nitrogens is 1. The van der Waals surface area contributed by atoms with Crippen molar-refractivity contribution in [3.05, 3.63) is 63.3 Å². The molecule has 29 heavy (non-hydrogen) atoms. The van der Waals surface area contributed by atoms with Crippen LogP contribution in [-0.2, 0) is 24.3 Å². The van der Waals surface area contributed by atoms with Crippen LogP contribution in [0.1, 0.15) is 36.6 Å². The summed E-state index contributed by atoms with van der Waals surface area (Å²) in [6, 6.07) is 10.5. The summed E-state index contributed by atoms with van der Waals surface area (Å²) in [6.45, 7) is 6.20. The number of carbonyl (C=O) groups excluding carboxylic acids is 1. The number of carbonyl (C=O) groups is 1. The lowest BCUT2D eigenvalue weighted by Gasteiger charge is -2.31. The molecule has 4 rings (SSSR count).